The molecule has 0 aliphatic heterocycles. The SMILES string of the molecule is CC/C=C\C/C=C\C/C=C\C/C=C\C/C=C\CCCCCC(=O)OC(/C=C\CCCCCCCCCCCCC)C(COP(=O)(O)OCC[N+](C)(C)C)NC(=O)CCCCCCCCCCCCCCCCCCCCCCCCCCCCC. The lowest BCUT2D eigenvalue weighted by Crippen LogP contribution is -2.47. The van der Waals surface area contributed by atoms with E-state index in [9.17, 15) is 19.0 Å². The maximum atomic E-state index is 13.6. The van der Waals surface area contributed by atoms with Crippen LogP contribution in [-0.2, 0) is 27.9 Å². The molecule has 0 aliphatic rings. The molecule has 0 aliphatic carbocycles. The molecule has 2 N–H and O–H groups in total. The Kier molecular flexibility index (Phi) is 62.5. The molecule has 10 heteroatoms. The number of esters is 1. The fraction of sp³-hybridized carbons (Fsp3) is 0.813. The van der Waals surface area contributed by atoms with Crippen LogP contribution in [-0.4, -0.2) is 74.3 Å². The van der Waals surface area contributed by atoms with E-state index in [1.54, 1.807) is 0 Å². The minimum absolute atomic E-state index is 0.0340. The van der Waals surface area contributed by atoms with Crippen molar-refractivity contribution < 1.29 is 37.3 Å². The topological polar surface area (TPSA) is 111 Å². The molecule has 0 fully saturated rings. The fourth-order valence-electron chi connectivity index (χ4n) is 10.6. The minimum Gasteiger partial charge on any atom is -0.456 e. The molecule has 0 saturated carbocycles. The summed E-state index contributed by atoms with van der Waals surface area (Å²) < 4.78 is 30.8. The van der Waals surface area contributed by atoms with Crippen LogP contribution in [0.2, 0.25) is 0 Å². The number of ether oxygens (including phenoxy) is 1. The third-order valence-corrected chi connectivity index (χ3v) is 17.1. The summed E-state index contributed by atoms with van der Waals surface area (Å²) in [4.78, 5) is 37.9. The lowest BCUT2D eigenvalue weighted by molar-refractivity contribution is -0.870. The minimum atomic E-state index is -4.46. The number of phosphoric ester groups is 1. The highest BCUT2D eigenvalue weighted by atomic mass is 31.2. The molecule has 0 rings (SSSR count). The summed E-state index contributed by atoms with van der Waals surface area (Å²) in [6.45, 7) is 6.92. The number of phosphoric acid groups is 1. The van der Waals surface area contributed by atoms with Crippen molar-refractivity contribution in [2.24, 2.45) is 0 Å². The van der Waals surface area contributed by atoms with Gasteiger partial charge in [0.2, 0.25) is 5.91 Å². The quantitative estimate of drug-likeness (QED) is 0.0205. The summed E-state index contributed by atoms with van der Waals surface area (Å²) in [6.07, 6.45) is 85.0. The predicted octanol–water partition coefficient (Wildman–Crippen LogP) is 23.1. The number of nitrogens with one attached hydrogen (secondary N) is 1. The van der Waals surface area contributed by atoms with Crippen molar-refractivity contribution in [2.75, 3.05) is 40.9 Å². The molecule has 3 atom stereocenters. The largest absolute Gasteiger partial charge is 0.472 e. The zero-order valence-electron chi connectivity index (χ0n) is 56.9. The molecule has 9 nitrogen and oxygen atoms in total. The number of likely N-dealkylation sites (N-methyl/N-ethyl adjacent to an activating group) is 1. The Labute approximate surface area is 527 Å². The van der Waals surface area contributed by atoms with Gasteiger partial charge in [0.25, 0.3) is 0 Å². The van der Waals surface area contributed by atoms with Gasteiger partial charge in [0.05, 0.1) is 33.8 Å². The summed E-state index contributed by atoms with van der Waals surface area (Å²) in [5.74, 6) is -0.530. The van der Waals surface area contributed by atoms with E-state index in [0.29, 0.717) is 23.9 Å². The van der Waals surface area contributed by atoms with Gasteiger partial charge in [-0.2, -0.15) is 0 Å². The molecule has 0 heterocycles. The zero-order valence-corrected chi connectivity index (χ0v) is 57.7. The van der Waals surface area contributed by atoms with Crippen LogP contribution in [0.1, 0.15) is 342 Å². The van der Waals surface area contributed by atoms with Crippen molar-refractivity contribution in [3.8, 4) is 0 Å². The molecule has 0 saturated heterocycles. The van der Waals surface area contributed by atoms with Crippen LogP contribution in [0.4, 0.5) is 0 Å². The second kappa shape index (κ2) is 64.4. The monoisotopic (exact) mass is 1210 g/mol. The number of rotatable bonds is 66. The lowest BCUT2D eigenvalue weighted by Gasteiger charge is -2.27. The third kappa shape index (κ3) is 65.7. The van der Waals surface area contributed by atoms with E-state index in [1.165, 1.54) is 212 Å². The van der Waals surface area contributed by atoms with E-state index >= 15 is 0 Å². The third-order valence-electron chi connectivity index (χ3n) is 16.2. The summed E-state index contributed by atoms with van der Waals surface area (Å²) >= 11 is 0. The Morgan fingerprint density at radius 3 is 1.14 bits per heavy atom. The van der Waals surface area contributed by atoms with Crippen molar-refractivity contribution in [1.82, 2.24) is 5.32 Å². The molecular formula is C75H140N2O7P+. The van der Waals surface area contributed by atoms with Crippen molar-refractivity contribution in [3.05, 3.63) is 72.9 Å². The molecule has 0 spiro atoms. The lowest BCUT2D eigenvalue weighted by atomic mass is 10.0. The van der Waals surface area contributed by atoms with Crippen LogP contribution in [0.5, 0.6) is 0 Å². The van der Waals surface area contributed by atoms with Crippen LogP contribution < -0.4 is 5.32 Å². The summed E-state index contributed by atoms with van der Waals surface area (Å²) in [6, 6.07) is -0.864. The van der Waals surface area contributed by atoms with Crippen molar-refractivity contribution in [1.29, 1.82) is 0 Å². The highest BCUT2D eigenvalue weighted by molar-refractivity contribution is 7.47. The van der Waals surface area contributed by atoms with Crippen LogP contribution in [0.3, 0.4) is 0 Å². The number of unbranched alkanes of at least 4 members (excludes halogenated alkanes) is 40. The molecule has 0 aromatic carbocycles. The number of quaternary nitrogens is 1. The molecule has 496 valence electrons. The van der Waals surface area contributed by atoms with Crippen LogP contribution in [0.15, 0.2) is 72.9 Å². The normalized spacial score (nSPS) is 13.9. The van der Waals surface area contributed by atoms with E-state index in [1.807, 2.05) is 33.3 Å². The highest BCUT2D eigenvalue weighted by Gasteiger charge is 2.30. The maximum absolute atomic E-state index is 13.6. The molecule has 1 amide bonds. The first-order valence-corrected chi connectivity index (χ1v) is 37.8. The van der Waals surface area contributed by atoms with Gasteiger partial charge in [-0.15, -0.1) is 0 Å². The Balaban J connectivity index is 5.06. The molecule has 0 aromatic rings. The number of carbonyl (C=O) groups excluding carboxylic acids is 2. The van der Waals surface area contributed by atoms with Crippen molar-refractivity contribution in [3.63, 3.8) is 0 Å². The smallest absolute Gasteiger partial charge is 0.456 e. The number of allylic oxidation sites excluding steroid dienone is 11. The summed E-state index contributed by atoms with van der Waals surface area (Å²) in [7, 11) is 1.48. The number of carbonyl (C=O) groups is 2. The Hall–Kier alpha value is -2.55. The molecule has 85 heavy (non-hydrogen) atoms. The van der Waals surface area contributed by atoms with E-state index in [2.05, 4.69) is 86.8 Å². The van der Waals surface area contributed by atoms with E-state index in [-0.39, 0.29) is 31.5 Å². The molecule has 0 aromatic heterocycles. The Morgan fingerprint density at radius 2 is 0.753 bits per heavy atom. The van der Waals surface area contributed by atoms with Gasteiger partial charge in [-0.1, -0.05) is 325 Å². The highest BCUT2D eigenvalue weighted by Crippen LogP contribution is 2.43. The van der Waals surface area contributed by atoms with Gasteiger partial charge in [0, 0.05) is 12.8 Å². The summed E-state index contributed by atoms with van der Waals surface area (Å²) in [5.41, 5.74) is 0. The van der Waals surface area contributed by atoms with E-state index in [4.69, 9.17) is 13.8 Å². The van der Waals surface area contributed by atoms with Gasteiger partial charge in [-0.3, -0.25) is 18.6 Å². The number of hydrogen-bond donors (Lipinski definition) is 2. The van der Waals surface area contributed by atoms with Crippen LogP contribution in [0.25, 0.3) is 0 Å². The van der Waals surface area contributed by atoms with E-state index < -0.39 is 20.0 Å². The van der Waals surface area contributed by atoms with Crippen LogP contribution in [0, 0.1) is 0 Å². The maximum Gasteiger partial charge on any atom is 0.472 e. The standard InChI is InChI=1S/C75H139N2O7P/c1-7-10-13-16-19-22-25-28-30-32-34-35-36-37-38-39-40-41-43-44-46-49-52-55-58-61-64-67-74(78)76-72(71-83-85(80,81)82-70-69-77(4,5)6)73(66-63-60-57-54-51-48-27-24-21-18-15-12-9-3)84-75(79)68-65-62-59-56-53-50-47-45-42-33-31-29-26-23-20-17-14-11-8-2/h11,14,20,23,29,31,42,45,50,53,63,66,72-73H,7-10,12-13,15-19,21-22,24-28,30,32-41,43-44,46-49,51-52,54-62,64-65,67-71H2,1-6H3,(H-,76,78,80,81)/p+1/b14-11-,23-20-,31-29-,45-42-,53-50-,66-63-. The van der Waals surface area contributed by atoms with Gasteiger partial charge in [-0.05, 0) is 76.7 Å². The Morgan fingerprint density at radius 1 is 0.424 bits per heavy atom. The fourth-order valence-corrected chi connectivity index (χ4v) is 11.4. The second-order valence-electron chi connectivity index (χ2n) is 25.7. The van der Waals surface area contributed by atoms with Gasteiger partial charge in [-0.25, -0.2) is 4.57 Å². The second-order valence-corrected chi connectivity index (χ2v) is 27.2. The first kappa shape index (κ1) is 82.5. The average Bonchev–Trinajstić information content (AvgIpc) is 3.50. The van der Waals surface area contributed by atoms with Crippen molar-refractivity contribution >= 4 is 19.7 Å². The first-order chi connectivity index (χ1) is 41.4. The van der Waals surface area contributed by atoms with Crippen molar-refractivity contribution in [2.45, 2.75) is 354 Å². The zero-order chi connectivity index (χ0) is 62.1. The summed E-state index contributed by atoms with van der Waals surface area (Å²) in [5, 5.41) is 3.07. The van der Waals surface area contributed by atoms with Gasteiger partial charge in [0.1, 0.15) is 19.3 Å². The predicted molar refractivity (Wildman–Crippen MR) is 369 cm³/mol. The molecule has 3 unspecified atom stereocenters. The van der Waals surface area contributed by atoms with Gasteiger partial charge < -0.3 is 19.4 Å². The van der Waals surface area contributed by atoms with Crippen LogP contribution >= 0.6 is 7.82 Å². The number of amides is 1. The number of hydrogen-bond acceptors (Lipinski definition) is 6. The Bertz CT molecular complexity index is 1680. The van der Waals surface area contributed by atoms with Gasteiger partial charge >= 0.3 is 13.8 Å². The molecular weight excluding hydrogens is 1070 g/mol. The van der Waals surface area contributed by atoms with Gasteiger partial charge in [0.15, 0.2) is 0 Å². The molecule has 0 bridgehead atoms. The molecule has 0 radical (unpaired) electrons. The number of nitrogens with zero attached hydrogens (tertiary/aromatic N) is 1. The first-order valence-electron chi connectivity index (χ1n) is 36.3. The average molecular weight is 1210 g/mol. The van der Waals surface area contributed by atoms with E-state index in [0.717, 1.165) is 89.9 Å².